The summed E-state index contributed by atoms with van der Waals surface area (Å²) in [6.07, 6.45) is 3.07. The molecule has 5 rings (SSSR count). The summed E-state index contributed by atoms with van der Waals surface area (Å²) in [5.74, 6) is -1.73. The molecule has 2 aromatic carbocycles. The lowest BCUT2D eigenvalue weighted by Gasteiger charge is -2.31. The molecule has 0 radical (unpaired) electrons. The van der Waals surface area contributed by atoms with Crippen LogP contribution >= 0.6 is 0 Å². The van der Waals surface area contributed by atoms with Crippen LogP contribution in [0.15, 0.2) is 47.4 Å². The molecular formula is C24H21F2N7O. The van der Waals surface area contributed by atoms with E-state index in [1.165, 1.54) is 12.1 Å². The molecule has 3 heterocycles. The van der Waals surface area contributed by atoms with Crippen molar-refractivity contribution in [3.8, 4) is 17.1 Å². The molecule has 172 valence electrons. The fourth-order valence-electron chi connectivity index (χ4n) is 4.26. The van der Waals surface area contributed by atoms with Crippen molar-refractivity contribution >= 4 is 22.4 Å². The molecule has 4 aromatic rings. The molecule has 2 aromatic heterocycles. The fourth-order valence-corrected chi connectivity index (χ4v) is 4.26. The van der Waals surface area contributed by atoms with Crippen LogP contribution in [0, 0.1) is 18.2 Å². The van der Waals surface area contributed by atoms with Crippen molar-refractivity contribution in [2.24, 2.45) is 12.8 Å². The van der Waals surface area contributed by atoms with Gasteiger partial charge in [0.1, 0.15) is 11.6 Å². The molecule has 10 heteroatoms. The van der Waals surface area contributed by atoms with Crippen LogP contribution in [0.1, 0.15) is 12.8 Å². The molecule has 34 heavy (non-hydrogen) atoms. The van der Waals surface area contributed by atoms with Crippen molar-refractivity contribution in [3.05, 3.63) is 76.0 Å². The normalized spacial score (nSPS) is 14.5. The first-order valence-corrected chi connectivity index (χ1v) is 10.8. The summed E-state index contributed by atoms with van der Waals surface area (Å²) in [5, 5.41) is 5.08. The van der Waals surface area contributed by atoms with Crippen molar-refractivity contribution in [3.63, 3.8) is 0 Å². The molecule has 0 saturated carbocycles. The summed E-state index contributed by atoms with van der Waals surface area (Å²) < 4.78 is 32.7. The zero-order valence-corrected chi connectivity index (χ0v) is 18.4. The van der Waals surface area contributed by atoms with E-state index in [0.29, 0.717) is 37.1 Å². The third-order valence-corrected chi connectivity index (χ3v) is 6.04. The largest absolute Gasteiger partial charge is 0.354 e. The Bertz CT molecular complexity index is 1510. The number of aromatic nitrogens is 4. The summed E-state index contributed by atoms with van der Waals surface area (Å²) in [7, 11) is 1.78. The van der Waals surface area contributed by atoms with Crippen LogP contribution in [-0.4, -0.2) is 38.5 Å². The summed E-state index contributed by atoms with van der Waals surface area (Å²) in [5.41, 5.74) is 6.26. The van der Waals surface area contributed by atoms with E-state index >= 15 is 4.39 Å². The van der Waals surface area contributed by atoms with E-state index in [0.717, 1.165) is 16.0 Å². The third-order valence-electron chi connectivity index (χ3n) is 6.04. The minimum atomic E-state index is -0.983. The van der Waals surface area contributed by atoms with Gasteiger partial charge in [0, 0.05) is 43.3 Å². The Morgan fingerprint density at radius 2 is 1.91 bits per heavy atom. The zero-order chi connectivity index (χ0) is 24.0. The molecule has 0 bridgehead atoms. The van der Waals surface area contributed by atoms with Crippen molar-refractivity contribution in [1.82, 2.24) is 19.3 Å². The van der Waals surface area contributed by atoms with Crippen LogP contribution < -0.4 is 16.2 Å². The quantitative estimate of drug-likeness (QED) is 0.472. The lowest BCUT2D eigenvalue weighted by molar-refractivity contribution is 0.486. The number of hydrogen-bond acceptors (Lipinski definition) is 5. The summed E-state index contributed by atoms with van der Waals surface area (Å²) in [6, 6.07) is 9.05. The molecule has 0 amide bonds. The monoisotopic (exact) mass is 461 g/mol. The number of rotatable bonds is 3. The smallest absolute Gasteiger partial charge is 0.296 e. The average molecular weight is 461 g/mol. The van der Waals surface area contributed by atoms with Crippen LogP contribution in [0.4, 0.5) is 20.3 Å². The molecular weight excluding hydrogens is 440 g/mol. The van der Waals surface area contributed by atoms with Crippen LogP contribution in [0.3, 0.4) is 0 Å². The van der Waals surface area contributed by atoms with E-state index in [1.807, 2.05) is 0 Å². The lowest BCUT2D eigenvalue weighted by atomic mass is 10.1. The number of hydrogen-bond donors (Lipinski definition) is 1. The summed E-state index contributed by atoms with van der Waals surface area (Å²) >= 11 is 0. The van der Waals surface area contributed by atoms with E-state index in [1.54, 1.807) is 41.0 Å². The number of benzene rings is 2. The van der Waals surface area contributed by atoms with Crippen LogP contribution in [0.5, 0.6) is 0 Å². The fraction of sp³-hybridized carbons (Fsp3) is 0.250. The van der Waals surface area contributed by atoms with Gasteiger partial charge < -0.3 is 10.6 Å². The van der Waals surface area contributed by atoms with Crippen LogP contribution in [0.2, 0.25) is 0 Å². The van der Waals surface area contributed by atoms with Gasteiger partial charge in [-0.3, -0.25) is 14.0 Å². The molecule has 0 unspecified atom stereocenters. The van der Waals surface area contributed by atoms with E-state index < -0.39 is 17.2 Å². The van der Waals surface area contributed by atoms with Crippen molar-refractivity contribution in [2.75, 3.05) is 18.0 Å². The van der Waals surface area contributed by atoms with Gasteiger partial charge in [-0.15, -0.1) is 0 Å². The average Bonchev–Trinajstić information content (AvgIpc) is 3.20. The van der Waals surface area contributed by atoms with Crippen molar-refractivity contribution in [1.29, 1.82) is 0 Å². The molecule has 1 saturated heterocycles. The second kappa shape index (κ2) is 8.35. The second-order valence-corrected chi connectivity index (χ2v) is 8.36. The highest BCUT2D eigenvalue weighted by atomic mass is 19.1. The minimum absolute atomic E-state index is 0.0145. The SMILES string of the molecule is [C-]#[N+]c1ccc(-c2nc(N3CCC(N)CC3)c(F)c(=O)n2-c2ccc3nn(C)cc3c2)cc1F. The Hall–Kier alpha value is -4.10. The molecule has 1 fully saturated rings. The van der Waals surface area contributed by atoms with Crippen LogP contribution in [-0.2, 0) is 7.05 Å². The molecule has 1 aliphatic heterocycles. The van der Waals surface area contributed by atoms with E-state index in [4.69, 9.17) is 12.3 Å². The van der Waals surface area contributed by atoms with E-state index in [9.17, 15) is 9.18 Å². The van der Waals surface area contributed by atoms with Gasteiger partial charge in [-0.2, -0.15) is 9.49 Å². The number of fused-ring (bicyclic) bond motifs is 1. The predicted octanol–water partition coefficient (Wildman–Crippen LogP) is 3.54. The number of nitrogens with zero attached hydrogens (tertiary/aromatic N) is 6. The van der Waals surface area contributed by atoms with Crippen LogP contribution in [0.25, 0.3) is 32.8 Å². The first kappa shape index (κ1) is 21.7. The molecule has 0 aliphatic carbocycles. The number of halogens is 2. The number of anilines is 1. The second-order valence-electron chi connectivity index (χ2n) is 8.36. The van der Waals surface area contributed by atoms with Gasteiger partial charge >= 0.3 is 0 Å². The minimum Gasteiger partial charge on any atom is -0.354 e. The highest BCUT2D eigenvalue weighted by molar-refractivity contribution is 5.81. The summed E-state index contributed by atoms with van der Waals surface area (Å²) in [6.45, 7) is 8.02. The Kier molecular flexibility index (Phi) is 5.34. The maximum absolute atomic E-state index is 15.4. The van der Waals surface area contributed by atoms with Gasteiger partial charge in [0.15, 0.2) is 5.82 Å². The Morgan fingerprint density at radius 1 is 1.15 bits per heavy atom. The van der Waals surface area contributed by atoms with Crippen molar-refractivity contribution < 1.29 is 8.78 Å². The molecule has 2 N–H and O–H groups in total. The zero-order valence-electron chi connectivity index (χ0n) is 18.4. The number of piperidine rings is 1. The third kappa shape index (κ3) is 3.70. The first-order chi connectivity index (χ1) is 16.4. The standard InChI is InChI=1S/C24H21F2N7O/c1-28-20-5-3-14(12-18(20)25)22-29-23(32-9-7-16(27)8-10-32)21(26)24(34)33(22)17-4-6-19-15(11-17)13-31(2)30-19/h3-6,11-13,16H,7-10,27H2,2H3. The topological polar surface area (TPSA) is 86.3 Å². The Labute approximate surface area is 193 Å². The maximum Gasteiger partial charge on any atom is 0.296 e. The summed E-state index contributed by atoms with van der Waals surface area (Å²) in [4.78, 5) is 22.7. The maximum atomic E-state index is 15.4. The molecule has 0 spiro atoms. The lowest BCUT2D eigenvalue weighted by Crippen LogP contribution is -2.42. The van der Waals surface area contributed by atoms with Gasteiger partial charge in [0.2, 0.25) is 11.5 Å². The molecule has 1 aliphatic rings. The first-order valence-electron chi connectivity index (χ1n) is 10.8. The Morgan fingerprint density at radius 3 is 2.62 bits per heavy atom. The van der Waals surface area contributed by atoms with Gasteiger partial charge in [-0.25, -0.2) is 14.2 Å². The van der Waals surface area contributed by atoms with E-state index in [2.05, 4.69) is 14.9 Å². The Balaban J connectivity index is 1.75. The van der Waals surface area contributed by atoms with E-state index in [-0.39, 0.29) is 28.9 Å². The molecule has 0 atom stereocenters. The van der Waals surface area contributed by atoms with Gasteiger partial charge in [0.25, 0.3) is 5.56 Å². The highest BCUT2D eigenvalue weighted by Gasteiger charge is 2.26. The van der Waals surface area contributed by atoms with Gasteiger partial charge in [-0.05, 0) is 37.1 Å². The van der Waals surface area contributed by atoms with Crippen molar-refractivity contribution in [2.45, 2.75) is 18.9 Å². The number of aryl methyl sites for hydroxylation is 1. The highest BCUT2D eigenvalue weighted by Crippen LogP contribution is 2.29. The number of nitrogens with two attached hydrogens (primary N) is 1. The van der Waals surface area contributed by atoms with Gasteiger partial charge in [-0.1, -0.05) is 12.1 Å². The molecule has 8 nitrogen and oxygen atoms in total. The predicted molar refractivity (Wildman–Crippen MR) is 125 cm³/mol. The van der Waals surface area contributed by atoms with Gasteiger partial charge in [0.05, 0.1) is 17.8 Å².